The van der Waals surface area contributed by atoms with Crippen LogP contribution in [0.2, 0.25) is 0 Å². The largest absolute Gasteiger partial charge is 0.347 e. The van der Waals surface area contributed by atoms with Crippen molar-refractivity contribution in [1.82, 2.24) is 25.1 Å². The molecule has 96 valence electrons. The Kier molecular flexibility index (Phi) is 3.61. The number of H-pyrrole nitrogens is 2. The molecule has 0 spiro atoms. The first kappa shape index (κ1) is 12.2. The van der Waals surface area contributed by atoms with Crippen molar-refractivity contribution >= 4 is 5.91 Å². The van der Waals surface area contributed by atoms with Crippen LogP contribution in [-0.2, 0) is 11.3 Å². The Bertz CT molecular complexity index is 554. The smallest absolute Gasteiger partial charge is 0.340 e. The molecule has 3 N–H and O–H groups in total. The number of rotatable bonds is 5. The summed E-state index contributed by atoms with van der Waals surface area (Å²) in [6, 6.07) is 3.51. The summed E-state index contributed by atoms with van der Waals surface area (Å²) >= 11 is 0. The Morgan fingerprint density at radius 1 is 1.50 bits per heavy atom. The van der Waals surface area contributed by atoms with E-state index in [1.165, 1.54) is 0 Å². The van der Waals surface area contributed by atoms with Gasteiger partial charge in [-0.3, -0.25) is 9.78 Å². The van der Waals surface area contributed by atoms with Crippen LogP contribution in [-0.4, -0.2) is 25.7 Å². The number of nitrogens with one attached hydrogen (secondary N) is 3. The van der Waals surface area contributed by atoms with Crippen LogP contribution in [0.4, 0.5) is 0 Å². The zero-order chi connectivity index (χ0) is 13.0. The van der Waals surface area contributed by atoms with Crippen molar-refractivity contribution in [3.8, 4) is 0 Å². The standard InChI is InChI=1S/C11H15N5O2/c1-2-8(16-5-3-4-6-16)10(17)12-7-9-13-11(18)15-14-9/h3-6,8H,2,7H2,1H3,(H,12,17)(H2,13,14,15,18). The van der Waals surface area contributed by atoms with Crippen LogP contribution in [0.5, 0.6) is 0 Å². The maximum absolute atomic E-state index is 12.0. The van der Waals surface area contributed by atoms with E-state index in [1.807, 2.05) is 36.0 Å². The third-order valence-corrected chi connectivity index (χ3v) is 2.66. The average Bonchev–Trinajstić information content (AvgIpc) is 2.99. The first-order chi connectivity index (χ1) is 8.70. The molecule has 1 unspecified atom stereocenters. The molecule has 1 amide bonds. The van der Waals surface area contributed by atoms with E-state index in [9.17, 15) is 9.59 Å². The fourth-order valence-electron chi connectivity index (χ4n) is 1.76. The van der Waals surface area contributed by atoms with E-state index in [4.69, 9.17) is 0 Å². The summed E-state index contributed by atoms with van der Waals surface area (Å²) in [6.45, 7) is 2.15. The fraction of sp³-hybridized carbons (Fsp3) is 0.364. The van der Waals surface area contributed by atoms with Crippen LogP contribution in [0.25, 0.3) is 0 Å². The molecule has 0 aliphatic rings. The summed E-state index contributed by atoms with van der Waals surface area (Å²) in [7, 11) is 0. The molecule has 1 atom stereocenters. The van der Waals surface area contributed by atoms with Crippen molar-refractivity contribution in [2.45, 2.75) is 25.9 Å². The Hall–Kier alpha value is -2.31. The van der Waals surface area contributed by atoms with Gasteiger partial charge in [0.2, 0.25) is 5.91 Å². The second-order valence-electron chi connectivity index (χ2n) is 3.90. The summed E-state index contributed by atoms with van der Waals surface area (Å²) < 4.78 is 1.85. The van der Waals surface area contributed by atoms with E-state index in [-0.39, 0.29) is 24.2 Å². The Balaban J connectivity index is 1.96. The van der Waals surface area contributed by atoms with Crippen molar-refractivity contribution < 1.29 is 4.79 Å². The number of hydrogen-bond acceptors (Lipinski definition) is 3. The zero-order valence-corrected chi connectivity index (χ0v) is 10.0. The molecule has 2 rings (SSSR count). The number of carbonyl (C=O) groups excluding carboxylic acids is 1. The van der Waals surface area contributed by atoms with Crippen molar-refractivity contribution in [2.24, 2.45) is 0 Å². The highest BCUT2D eigenvalue weighted by atomic mass is 16.2. The molecule has 2 heterocycles. The third-order valence-electron chi connectivity index (χ3n) is 2.66. The molecule has 0 aliphatic carbocycles. The van der Waals surface area contributed by atoms with Crippen molar-refractivity contribution in [1.29, 1.82) is 0 Å². The van der Waals surface area contributed by atoms with Crippen LogP contribution in [0, 0.1) is 0 Å². The minimum absolute atomic E-state index is 0.0995. The molecule has 0 aliphatic heterocycles. The van der Waals surface area contributed by atoms with Gasteiger partial charge in [0.1, 0.15) is 11.9 Å². The van der Waals surface area contributed by atoms with Crippen LogP contribution in [0.1, 0.15) is 25.2 Å². The number of nitrogens with zero attached hydrogens (tertiary/aromatic N) is 2. The van der Waals surface area contributed by atoms with Crippen molar-refractivity contribution in [2.75, 3.05) is 0 Å². The number of aromatic amines is 2. The number of carbonyl (C=O) groups is 1. The van der Waals surface area contributed by atoms with Gasteiger partial charge in [-0.2, -0.15) is 5.10 Å². The van der Waals surface area contributed by atoms with Gasteiger partial charge in [0.05, 0.1) is 6.54 Å². The quantitative estimate of drug-likeness (QED) is 0.704. The van der Waals surface area contributed by atoms with E-state index in [0.29, 0.717) is 12.2 Å². The van der Waals surface area contributed by atoms with Crippen molar-refractivity contribution in [3.63, 3.8) is 0 Å². The lowest BCUT2D eigenvalue weighted by Crippen LogP contribution is -2.31. The molecule has 0 fully saturated rings. The molecule has 7 nitrogen and oxygen atoms in total. The maximum Gasteiger partial charge on any atom is 0.340 e. The molecule has 2 aromatic heterocycles. The normalized spacial score (nSPS) is 12.3. The minimum atomic E-state index is -0.378. The average molecular weight is 249 g/mol. The SMILES string of the molecule is CCC(C(=O)NCc1n[nH]c(=O)[nH]1)n1cccc1. The van der Waals surface area contributed by atoms with Gasteiger partial charge in [0.15, 0.2) is 0 Å². The zero-order valence-electron chi connectivity index (χ0n) is 10.0. The second-order valence-corrected chi connectivity index (χ2v) is 3.90. The molecule has 18 heavy (non-hydrogen) atoms. The minimum Gasteiger partial charge on any atom is -0.347 e. The molecule has 0 radical (unpaired) electrons. The van der Waals surface area contributed by atoms with Crippen LogP contribution in [0.3, 0.4) is 0 Å². The van der Waals surface area contributed by atoms with E-state index < -0.39 is 0 Å². The van der Waals surface area contributed by atoms with Gasteiger partial charge >= 0.3 is 5.69 Å². The predicted octanol–water partition coefficient (Wildman–Crippen LogP) is 0.167. The lowest BCUT2D eigenvalue weighted by atomic mass is 10.2. The molecule has 0 aromatic carbocycles. The van der Waals surface area contributed by atoms with E-state index in [2.05, 4.69) is 20.5 Å². The lowest BCUT2D eigenvalue weighted by molar-refractivity contribution is -0.124. The summed E-state index contributed by atoms with van der Waals surface area (Å²) in [6.07, 6.45) is 4.39. The second kappa shape index (κ2) is 5.35. The molecule has 2 aromatic rings. The topological polar surface area (TPSA) is 95.6 Å². The lowest BCUT2D eigenvalue weighted by Gasteiger charge is -2.16. The van der Waals surface area contributed by atoms with Gasteiger partial charge in [-0.05, 0) is 18.6 Å². The van der Waals surface area contributed by atoms with Crippen molar-refractivity contribution in [3.05, 3.63) is 40.8 Å². The van der Waals surface area contributed by atoms with Gasteiger partial charge in [0, 0.05) is 12.4 Å². The summed E-state index contributed by atoms with van der Waals surface area (Å²) in [5.41, 5.74) is -0.378. The molecular weight excluding hydrogens is 234 g/mol. The number of hydrogen-bond donors (Lipinski definition) is 3. The highest BCUT2D eigenvalue weighted by Gasteiger charge is 2.17. The number of amides is 1. The van der Waals surface area contributed by atoms with Crippen LogP contribution >= 0.6 is 0 Å². The van der Waals surface area contributed by atoms with Crippen LogP contribution in [0.15, 0.2) is 29.3 Å². The fourth-order valence-corrected chi connectivity index (χ4v) is 1.76. The third kappa shape index (κ3) is 2.68. The monoisotopic (exact) mass is 249 g/mol. The number of aromatic nitrogens is 4. The Labute approximate surface area is 103 Å². The first-order valence-corrected chi connectivity index (χ1v) is 5.74. The highest BCUT2D eigenvalue weighted by molar-refractivity contribution is 5.80. The highest BCUT2D eigenvalue weighted by Crippen LogP contribution is 2.11. The molecule has 0 bridgehead atoms. The molecule has 0 saturated heterocycles. The van der Waals surface area contributed by atoms with E-state index in [0.717, 1.165) is 0 Å². The Morgan fingerprint density at radius 3 is 2.78 bits per heavy atom. The maximum atomic E-state index is 12.0. The summed E-state index contributed by atoms with van der Waals surface area (Å²) in [5.74, 6) is 0.313. The van der Waals surface area contributed by atoms with Gasteiger partial charge in [-0.25, -0.2) is 9.89 Å². The van der Waals surface area contributed by atoms with Gasteiger partial charge in [-0.1, -0.05) is 6.92 Å². The van der Waals surface area contributed by atoms with Gasteiger partial charge < -0.3 is 9.88 Å². The molecule has 7 heteroatoms. The summed E-state index contributed by atoms with van der Waals surface area (Å²) in [5, 5.41) is 8.71. The van der Waals surface area contributed by atoms with Crippen LogP contribution < -0.4 is 11.0 Å². The van der Waals surface area contributed by atoms with E-state index in [1.54, 1.807) is 0 Å². The molecule has 0 saturated carbocycles. The summed E-state index contributed by atoms with van der Waals surface area (Å²) in [4.78, 5) is 25.3. The Morgan fingerprint density at radius 2 is 2.22 bits per heavy atom. The van der Waals surface area contributed by atoms with Gasteiger partial charge in [-0.15, -0.1) is 0 Å². The molecular formula is C11H15N5O2. The predicted molar refractivity (Wildman–Crippen MR) is 64.8 cm³/mol. The first-order valence-electron chi connectivity index (χ1n) is 5.74. The van der Waals surface area contributed by atoms with E-state index >= 15 is 0 Å². The van der Waals surface area contributed by atoms with Gasteiger partial charge in [0.25, 0.3) is 0 Å².